The molecule has 1 aliphatic heterocycles. The monoisotopic (exact) mass is 496 g/mol. The van der Waals surface area contributed by atoms with Gasteiger partial charge in [0.25, 0.3) is 0 Å². The van der Waals surface area contributed by atoms with Gasteiger partial charge in [0.1, 0.15) is 0 Å². The molecule has 0 unspecified atom stereocenters. The van der Waals surface area contributed by atoms with Crippen molar-refractivity contribution in [3.8, 4) is 17.4 Å². The van der Waals surface area contributed by atoms with E-state index in [0.29, 0.717) is 37.5 Å². The summed E-state index contributed by atoms with van der Waals surface area (Å²) >= 11 is 0. The third-order valence-corrected chi connectivity index (χ3v) is 4.42. The number of ether oxygens (including phenoxy) is 3. The Labute approximate surface area is 181 Å². The fourth-order valence-corrected chi connectivity index (χ4v) is 2.72. The first kappa shape index (κ1) is 20.5. The van der Waals surface area contributed by atoms with Gasteiger partial charge in [-0.1, -0.05) is 0 Å². The first-order valence-corrected chi connectivity index (χ1v) is 9.30. The molecule has 0 bridgehead atoms. The van der Waals surface area contributed by atoms with E-state index >= 15 is 0 Å². The maximum atomic E-state index is 6.03. The van der Waals surface area contributed by atoms with Gasteiger partial charge in [-0.2, -0.15) is 0 Å². The average Bonchev–Trinajstić information content (AvgIpc) is 3.52. The first-order chi connectivity index (χ1) is 13.3. The van der Waals surface area contributed by atoms with Crippen LogP contribution < -0.4 is 25.3 Å². The number of anilines is 1. The van der Waals surface area contributed by atoms with Gasteiger partial charge in [0.15, 0.2) is 17.5 Å². The number of halogens is 1. The largest absolute Gasteiger partial charge is 0.490 e. The molecule has 1 fully saturated rings. The molecule has 4 rings (SSSR count). The summed E-state index contributed by atoms with van der Waals surface area (Å²) in [6.07, 6.45) is 5.12. The second kappa shape index (κ2) is 9.81. The number of benzene rings is 1. The van der Waals surface area contributed by atoms with Crippen LogP contribution in [0.5, 0.6) is 17.4 Å². The van der Waals surface area contributed by atoms with E-state index in [0.717, 1.165) is 35.8 Å². The van der Waals surface area contributed by atoms with Crippen LogP contribution in [0.1, 0.15) is 24.8 Å². The molecule has 2 aromatic rings. The van der Waals surface area contributed by atoms with Crippen LogP contribution in [-0.2, 0) is 6.54 Å². The van der Waals surface area contributed by atoms with Crippen molar-refractivity contribution in [2.24, 2.45) is 16.6 Å². The van der Waals surface area contributed by atoms with E-state index in [-0.39, 0.29) is 24.0 Å². The molecule has 0 saturated heterocycles. The number of guanidine groups is 1. The summed E-state index contributed by atoms with van der Waals surface area (Å²) in [5, 5.41) is 3.09. The van der Waals surface area contributed by atoms with Gasteiger partial charge in [0, 0.05) is 30.4 Å². The van der Waals surface area contributed by atoms with Crippen molar-refractivity contribution in [2.75, 3.05) is 25.1 Å². The van der Waals surface area contributed by atoms with E-state index in [1.54, 1.807) is 6.20 Å². The highest BCUT2D eigenvalue weighted by Gasteiger charge is 2.22. The third kappa shape index (κ3) is 5.88. The van der Waals surface area contributed by atoms with Gasteiger partial charge in [0.05, 0.1) is 26.4 Å². The van der Waals surface area contributed by atoms with E-state index in [2.05, 4.69) is 15.3 Å². The highest BCUT2D eigenvalue weighted by atomic mass is 127. The van der Waals surface area contributed by atoms with Crippen LogP contribution >= 0.6 is 24.0 Å². The van der Waals surface area contributed by atoms with Gasteiger partial charge < -0.3 is 25.3 Å². The van der Waals surface area contributed by atoms with Gasteiger partial charge in [-0.15, -0.1) is 24.0 Å². The van der Waals surface area contributed by atoms with Crippen molar-refractivity contribution in [1.29, 1.82) is 0 Å². The van der Waals surface area contributed by atoms with Gasteiger partial charge in [0.2, 0.25) is 5.88 Å². The molecule has 1 aromatic carbocycles. The zero-order valence-corrected chi connectivity index (χ0v) is 17.9. The number of aliphatic imine (C=N–C) groups is 1. The Morgan fingerprint density at radius 1 is 1.18 bits per heavy atom. The smallest absolute Gasteiger partial charge is 0.213 e. The number of nitrogens with two attached hydrogens (primary N) is 1. The zero-order valence-electron chi connectivity index (χ0n) is 15.6. The highest BCUT2D eigenvalue weighted by molar-refractivity contribution is 14.0. The highest BCUT2D eigenvalue weighted by Crippen LogP contribution is 2.32. The van der Waals surface area contributed by atoms with E-state index in [1.165, 1.54) is 12.8 Å². The number of nitrogens with one attached hydrogen (secondary N) is 1. The number of pyridine rings is 1. The minimum Gasteiger partial charge on any atom is -0.490 e. The summed E-state index contributed by atoms with van der Waals surface area (Å²) in [7, 11) is 0. The SMILES string of the molecule is I.NC(=NCc1ccnc(OCC2CC2)c1)Nc1ccc2c(c1)OCCCO2. The zero-order chi connectivity index (χ0) is 18.5. The lowest BCUT2D eigenvalue weighted by Crippen LogP contribution is -2.22. The molecule has 28 heavy (non-hydrogen) atoms. The number of rotatable bonds is 6. The Morgan fingerprint density at radius 2 is 2.00 bits per heavy atom. The second-order valence-electron chi connectivity index (χ2n) is 6.80. The summed E-state index contributed by atoms with van der Waals surface area (Å²) < 4.78 is 17.0. The molecule has 1 saturated carbocycles. The third-order valence-electron chi connectivity index (χ3n) is 4.42. The van der Waals surface area contributed by atoms with E-state index in [4.69, 9.17) is 19.9 Å². The lowest BCUT2D eigenvalue weighted by atomic mass is 10.2. The molecule has 0 atom stereocenters. The standard InChI is InChI=1S/C20H24N4O3.HI/c21-20(24-16-4-5-17-18(11-16)26-9-1-8-25-17)23-12-15-6-7-22-19(10-15)27-13-14-2-3-14;/h4-7,10-11,14H,1-3,8-9,12-13H2,(H3,21,23,24);1H. The number of hydrogen-bond acceptors (Lipinski definition) is 5. The molecule has 1 aromatic heterocycles. The number of nitrogens with zero attached hydrogens (tertiary/aromatic N) is 2. The fourth-order valence-electron chi connectivity index (χ4n) is 2.72. The number of hydrogen-bond donors (Lipinski definition) is 2. The number of fused-ring (bicyclic) bond motifs is 1. The Hall–Kier alpha value is -2.23. The molecular weight excluding hydrogens is 471 g/mol. The van der Waals surface area contributed by atoms with Gasteiger partial charge in [-0.05, 0) is 42.5 Å². The summed E-state index contributed by atoms with van der Waals surface area (Å²) in [5.41, 5.74) is 7.83. The lowest BCUT2D eigenvalue weighted by Gasteiger charge is -2.11. The van der Waals surface area contributed by atoms with Crippen molar-refractivity contribution in [3.05, 3.63) is 42.1 Å². The van der Waals surface area contributed by atoms with Crippen LogP contribution in [0.4, 0.5) is 5.69 Å². The minimum atomic E-state index is 0. The molecule has 2 heterocycles. The van der Waals surface area contributed by atoms with Gasteiger partial charge in [-0.3, -0.25) is 0 Å². The second-order valence-corrected chi connectivity index (χ2v) is 6.80. The summed E-state index contributed by atoms with van der Waals surface area (Å²) in [6, 6.07) is 9.47. The molecule has 8 heteroatoms. The van der Waals surface area contributed by atoms with Crippen LogP contribution in [-0.4, -0.2) is 30.8 Å². The van der Waals surface area contributed by atoms with Crippen LogP contribution in [0.15, 0.2) is 41.5 Å². The van der Waals surface area contributed by atoms with Crippen molar-refractivity contribution in [2.45, 2.75) is 25.8 Å². The van der Waals surface area contributed by atoms with Crippen LogP contribution in [0.2, 0.25) is 0 Å². The fraction of sp³-hybridized carbons (Fsp3) is 0.400. The molecular formula is C20H25IN4O3. The molecule has 150 valence electrons. The molecule has 7 nitrogen and oxygen atoms in total. The van der Waals surface area contributed by atoms with Crippen molar-refractivity contribution >= 4 is 35.6 Å². The Kier molecular flexibility index (Phi) is 7.18. The Morgan fingerprint density at radius 3 is 2.82 bits per heavy atom. The normalized spacial score (nSPS) is 15.9. The Bertz CT molecular complexity index is 827. The first-order valence-electron chi connectivity index (χ1n) is 9.30. The maximum Gasteiger partial charge on any atom is 0.213 e. The summed E-state index contributed by atoms with van der Waals surface area (Å²) in [5.74, 6) is 3.15. The Balaban J connectivity index is 0.00000225. The lowest BCUT2D eigenvalue weighted by molar-refractivity contribution is 0.288. The quantitative estimate of drug-likeness (QED) is 0.361. The van der Waals surface area contributed by atoms with E-state index in [9.17, 15) is 0 Å². The summed E-state index contributed by atoms with van der Waals surface area (Å²) in [6.45, 7) is 2.51. The molecule has 0 radical (unpaired) electrons. The molecule has 0 spiro atoms. The van der Waals surface area contributed by atoms with E-state index in [1.807, 2.05) is 30.3 Å². The molecule has 0 amide bonds. The van der Waals surface area contributed by atoms with Crippen LogP contribution in [0, 0.1) is 5.92 Å². The molecule has 3 N–H and O–H groups in total. The van der Waals surface area contributed by atoms with Crippen molar-refractivity contribution in [1.82, 2.24) is 4.98 Å². The van der Waals surface area contributed by atoms with Crippen molar-refractivity contribution < 1.29 is 14.2 Å². The molecule has 1 aliphatic carbocycles. The maximum absolute atomic E-state index is 6.03. The number of aromatic nitrogens is 1. The predicted molar refractivity (Wildman–Crippen MR) is 119 cm³/mol. The van der Waals surface area contributed by atoms with Gasteiger partial charge in [-0.25, -0.2) is 9.98 Å². The van der Waals surface area contributed by atoms with Crippen LogP contribution in [0.25, 0.3) is 0 Å². The average molecular weight is 496 g/mol. The molecule has 2 aliphatic rings. The topological polar surface area (TPSA) is 91.0 Å². The summed E-state index contributed by atoms with van der Waals surface area (Å²) in [4.78, 5) is 8.64. The van der Waals surface area contributed by atoms with Gasteiger partial charge >= 0.3 is 0 Å². The predicted octanol–water partition coefficient (Wildman–Crippen LogP) is 3.58. The van der Waals surface area contributed by atoms with Crippen molar-refractivity contribution in [3.63, 3.8) is 0 Å². The van der Waals surface area contributed by atoms with Crippen LogP contribution in [0.3, 0.4) is 0 Å². The van der Waals surface area contributed by atoms with E-state index < -0.39 is 0 Å². The minimum absolute atomic E-state index is 0.